The largest absolute Gasteiger partial charge is 2.00 e. The molecule has 15 heteroatoms. The van der Waals surface area contributed by atoms with Crippen molar-refractivity contribution in [2.75, 3.05) is 0 Å². The molecule has 0 nitrogen and oxygen atoms in total. The van der Waals surface area contributed by atoms with Gasteiger partial charge in [-0.3, -0.25) is 0 Å². The molecule has 0 aliphatic rings. The first kappa shape index (κ1) is 28.6. The van der Waals surface area contributed by atoms with Crippen molar-refractivity contribution in [1.82, 2.24) is 0 Å². The molecule has 0 unspecified atom stereocenters. The Morgan fingerprint density at radius 1 is 0.625 bits per heavy atom. The Balaban J connectivity index is -0.000000274. The third-order valence-corrected chi connectivity index (χ3v) is 1.38. The van der Waals surface area contributed by atoms with Gasteiger partial charge in [-0.15, -0.1) is 0 Å². The Hall–Kier alpha value is -0.241. The Bertz CT molecular complexity index is 436. The minimum atomic E-state index is -10.7. The summed E-state index contributed by atoms with van der Waals surface area (Å²) in [4.78, 5) is 0. The monoisotopic (exact) mass is 466 g/mol. The summed E-state index contributed by atoms with van der Waals surface area (Å²) in [7, 11) is -21.3. The smallest absolute Gasteiger partial charge is 2.00 e. The van der Waals surface area contributed by atoms with Crippen LogP contribution in [0.5, 0.6) is 0 Å². The van der Waals surface area contributed by atoms with Crippen molar-refractivity contribution >= 4 is 15.6 Å². The maximum atomic E-state index is 9.87. The Kier molecular flexibility index (Phi) is 8.11. The minimum absolute atomic E-state index is 0. The van der Waals surface area contributed by atoms with Gasteiger partial charge in [-0.1, -0.05) is 43.7 Å². The maximum Gasteiger partial charge on any atom is 2.00 e. The van der Waals surface area contributed by atoms with E-state index in [9.17, 15) is 50.4 Å². The van der Waals surface area contributed by atoms with Crippen LogP contribution in [0.15, 0.2) is 30.3 Å². The fourth-order valence-electron chi connectivity index (χ4n) is 0.933. The summed E-state index contributed by atoms with van der Waals surface area (Å²) in [5.74, 6) is 0. The molecule has 0 atom stereocenters. The zero-order valence-corrected chi connectivity index (χ0v) is 14.5. The van der Waals surface area contributed by atoms with Crippen LogP contribution in [0.4, 0.5) is 50.4 Å². The van der Waals surface area contributed by atoms with Crippen molar-refractivity contribution in [3.05, 3.63) is 35.9 Å². The maximum absolute atomic E-state index is 10.7. The van der Waals surface area contributed by atoms with Gasteiger partial charge in [0.15, 0.2) is 0 Å². The first-order valence-electron chi connectivity index (χ1n) is 5.50. The van der Waals surface area contributed by atoms with Crippen LogP contribution >= 0.6 is 15.6 Å². The molecule has 0 aliphatic carbocycles. The van der Waals surface area contributed by atoms with E-state index < -0.39 is 15.6 Å². The molecule has 1 rings (SSSR count). The normalized spacial score (nSPS) is 17.0. The summed E-state index contributed by atoms with van der Waals surface area (Å²) in [6.45, 7) is 2.20. The molecule has 0 aromatic heterocycles. The zero-order chi connectivity index (χ0) is 19.3. The predicted molar refractivity (Wildman–Crippen MR) is 67.6 cm³/mol. The number of rotatable bonds is 2. The molecule has 0 saturated heterocycles. The third-order valence-electron chi connectivity index (χ3n) is 1.38. The van der Waals surface area contributed by atoms with Gasteiger partial charge in [-0.2, -0.15) is 0 Å². The van der Waals surface area contributed by atoms with Crippen LogP contribution < -0.4 is 0 Å². The standard InChI is InChI=1S/C9H12.2F6P.Fe/c1-2-6-9-7-4-3-5-8-9;2*1-7(2,3,4,5)6;/h3-5,7-8H,2,6H2,1H3;;;/q;2*-1;+2. The minimum Gasteiger partial charge on any atom is 2.00 e. The fourth-order valence-corrected chi connectivity index (χ4v) is 0.933. The second kappa shape index (κ2) is 6.82. The Morgan fingerprint density at radius 2 is 0.875 bits per heavy atom. The molecule has 0 bridgehead atoms. The van der Waals surface area contributed by atoms with Crippen molar-refractivity contribution in [2.45, 2.75) is 19.8 Å². The number of hydrogen-bond acceptors (Lipinski definition) is 0. The third kappa shape index (κ3) is 81.0. The number of halogens is 12. The molecular formula is C9H12F12FeP2. The first-order valence-corrected chi connectivity index (χ1v) is 9.56. The molecular weight excluding hydrogens is 454 g/mol. The van der Waals surface area contributed by atoms with Crippen molar-refractivity contribution in [1.29, 1.82) is 0 Å². The molecule has 24 heavy (non-hydrogen) atoms. The van der Waals surface area contributed by atoms with Crippen LogP contribution in [0.1, 0.15) is 18.9 Å². The average Bonchev–Trinajstić information content (AvgIpc) is 2.09. The summed E-state index contributed by atoms with van der Waals surface area (Å²) in [5, 5.41) is 0. The van der Waals surface area contributed by atoms with Gasteiger partial charge in [0.25, 0.3) is 0 Å². The first-order chi connectivity index (χ1) is 9.33. The molecule has 0 N–H and O–H groups in total. The average molecular weight is 466 g/mol. The summed E-state index contributed by atoms with van der Waals surface area (Å²) >= 11 is 0. The van der Waals surface area contributed by atoms with Gasteiger partial charge in [0.2, 0.25) is 0 Å². The molecule has 1 aromatic carbocycles. The van der Waals surface area contributed by atoms with Crippen molar-refractivity contribution in [3.8, 4) is 0 Å². The van der Waals surface area contributed by atoms with Gasteiger partial charge in [-0.25, -0.2) is 0 Å². The van der Waals surface area contributed by atoms with Crippen molar-refractivity contribution in [3.63, 3.8) is 0 Å². The van der Waals surface area contributed by atoms with E-state index in [1.807, 2.05) is 0 Å². The van der Waals surface area contributed by atoms with E-state index in [0.29, 0.717) is 0 Å². The van der Waals surface area contributed by atoms with E-state index in [2.05, 4.69) is 37.3 Å². The molecule has 0 amide bonds. The second-order valence-electron chi connectivity index (χ2n) is 4.15. The van der Waals surface area contributed by atoms with E-state index in [4.69, 9.17) is 0 Å². The van der Waals surface area contributed by atoms with Crippen molar-refractivity contribution < 1.29 is 67.4 Å². The Labute approximate surface area is 139 Å². The summed E-state index contributed by atoms with van der Waals surface area (Å²) in [6, 6.07) is 10.6. The SMILES string of the molecule is CCCc1ccccc1.F[P-](F)(F)(F)(F)F.F[P-](F)(F)(F)(F)F.[Fe+2]. The molecule has 150 valence electrons. The summed E-state index contributed by atoms with van der Waals surface area (Å²) in [6.07, 6.45) is 2.45. The van der Waals surface area contributed by atoms with E-state index in [1.54, 1.807) is 0 Å². The molecule has 0 spiro atoms. The van der Waals surface area contributed by atoms with Gasteiger partial charge < -0.3 is 0 Å². The van der Waals surface area contributed by atoms with Gasteiger partial charge in [0.1, 0.15) is 0 Å². The molecule has 1 aromatic rings. The van der Waals surface area contributed by atoms with Gasteiger partial charge in [0.05, 0.1) is 0 Å². The summed E-state index contributed by atoms with van der Waals surface area (Å²) < 4.78 is 118. The number of benzene rings is 1. The molecule has 0 aliphatic heterocycles. The van der Waals surface area contributed by atoms with E-state index in [-0.39, 0.29) is 17.1 Å². The van der Waals surface area contributed by atoms with Gasteiger partial charge >= 0.3 is 83.0 Å². The van der Waals surface area contributed by atoms with Crippen LogP contribution in [-0.2, 0) is 23.5 Å². The Morgan fingerprint density at radius 3 is 1.08 bits per heavy atom. The fraction of sp³-hybridized carbons (Fsp3) is 0.333. The van der Waals surface area contributed by atoms with E-state index in [0.717, 1.165) is 0 Å². The van der Waals surface area contributed by atoms with Gasteiger partial charge in [0, 0.05) is 0 Å². The number of hydrogen-bond donors (Lipinski definition) is 0. The predicted octanol–water partition coefficient (Wildman–Crippen LogP) is 9.40. The van der Waals surface area contributed by atoms with Crippen LogP contribution in [-0.4, -0.2) is 0 Å². The van der Waals surface area contributed by atoms with Crippen LogP contribution in [0.25, 0.3) is 0 Å². The molecule has 0 radical (unpaired) electrons. The van der Waals surface area contributed by atoms with Crippen LogP contribution in [0.2, 0.25) is 0 Å². The number of aryl methyl sites for hydroxylation is 1. The van der Waals surface area contributed by atoms with Gasteiger partial charge in [-0.05, 0) is 12.0 Å². The molecule has 0 fully saturated rings. The van der Waals surface area contributed by atoms with Crippen molar-refractivity contribution in [2.24, 2.45) is 0 Å². The van der Waals surface area contributed by atoms with Crippen LogP contribution in [0, 0.1) is 0 Å². The van der Waals surface area contributed by atoms with Crippen LogP contribution in [0.3, 0.4) is 0 Å². The molecule has 0 heterocycles. The zero-order valence-electron chi connectivity index (χ0n) is 11.6. The quantitative estimate of drug-likeness (QED) is 0.232. The van der Waals surface area contributed by atoms with E-state index >= 15 is 0 Å². The van der Waals surface area contributed by atoms with E-state index in [1.165, 1.54) is 18.4 Å². The topological polar surface area (TPSA) is 0 Å². The summed E-state index contributed by atoms with van der Waals surface area (Å²) in [5.41, 5.74) is 1.44. The second-order valence-corrected chi connectivity index (χ2v) is 7.99. The molecule has 0 saturated carbocycles.